The molecule has 1 aliphatic heterocycles. The van der Waals surface area contributed by atoms with Crippen LogP contribution in [0.4, 0.5) is 0 Å². The molecule has 3 aromatic rings. The third-order valence-corrected chi connectivity index (χ3v) is 4.78. The van der Waals surface area contributed by atoms with Gasteiger partial charge in [0.2, 0.25) is 0 Å². The average Bonchev–Trinajstić information content (AvgIpc) is 2.75. The lowest BCUT2D eigenvalue weighted by atomic mass is 9.92. The Morgan fingerprint density at radius 3 is 2.70 bits per heavy atom. The van der Waals surface area contributed by atoms with Crippen molar-refractivity contribution in [3.63, 3.8) is 0 Å². The Hall–Kier alpha value is -3.20. The van der Waals surface area contributed by atoms with Crippen LogP contribution in [0.25, 0.3) is 17.2 Å². The molecule has 1 aliphatic rings. The van der Waals surface area contributed by atoms with Crippen molar-refractivity contribution in [1.82, 2.24) is 4.98 Å². The average molecular weight is 354 g/mol. The highest BCUT2D eigenvalue weighted by Gasteiger charge is 2.15. The summed E-state index contributed by atoms with van der Waals surface area (Å²) in [5.41, 5.74) is 6.96. The van der Waals surface area contributed by atoms with Gasteiger partial charge in [-0.15, -0.1) is 0 Å². The number of rotatable bonds is 4. The van der Waals surface area contributed by atoms with E-state index in [9.17, 15) is 0 Å². The summed E-state index contributed by atoms with van der Waals surface area (Å²) in [5.74, 6) is 0.866. The van der Waals surface area contributed by atoms with Gasteiger partial charge in [0.05, 0.1) is 12.8 Å². The smallest absolute Gasteiger partial charge is 0.119 e. The van der Waals surface area contributed by atoms with Gasteiger partial charge in [-0.05, 0) is 65.4 Å². The molecule has 0 N–H and O–H groups in total. The second-order valence-corrected chi connectivity index (χ2v) is 6.56. The van der Waals surface area contributed by atoms with Crippen molar-refractivity contribution in [2.24, 2.45) is 4.99 Å². The summed E-state index contributed by atoms with van der Waals surface area (Å²) >= 11 is 0. The fourth-order valence-electron chi connectivity index (χ4n) is 3.46. The Balaban J connectivity index is 1.77. The van der Waals surface area contributed by atoms with Crippen LogP contribution in [0.1, 0.15) is 24.0 Å². The van der Waals surface area contributed by atoms with E-state index in [1.54, 1.807) is 13.3 Å². The van der Waals surface area contributed by atoms with Gasteiger partial charge in [0.25, 0.3) is 0 Å². The van der Waals surface area contributed by atoms with E-state index in [0.717, 1.165) is 42.0 Å². The Kier molecular flexibility index (Phi) is 5.10. The first-order chi connectivity index (χ1) is 13.3. The fourth-order valence-corrected chi connectivity index (χ4v) is 3.46. The second-order valence-electron chi connectivity index (χ2n) is 6.56. The van der Waals surface area contributed by atoms with Gasteiger partial charge in [-0.2, -0.15) is 0 Å². The molecule has 2 aromatic carbocycles. The van der Waals surface area contributed by atoms with E-state index in [1.165, 1.54) is 16.7 Å². The maximum atomic E-state index is 5.40. The number of aliphatic imine (C=N–C) groups is 1. The largest absolute Gasteiger partial charge is 0.497 e. The molecule has 1 aromatic heterocycles. The zero-order valence-corrected chi connectivity index (χ0v) is 15.4. The third-order valence-electron chi connectivity index (χ3n) is 4.78. The highest BCUT2D eigenvalue weighted by molar-refractivity contribution is 6.15. The first kappa shape index (κ1) is 17.2. The number of nitrogens with zero attached hydrogens (tertiary/aromatic N) is 2. The molecule has 0 unspecified atom stereocenters. The van der Waals surface area contributed by atoms with Crippen LogP contribution < -0.4 is 4.74 Å². The van der Waals surface area contributed by atoms with E-state index in [2.05, 4.69) is 53.5 Å². The SMILES string of the molecule is COc1cccc(-c2ccccc2/C=C2\CCCN=C2c2cccnc2)c1. The summed E-state index contributed by atoms with van der Waals surface area (Å²) in [6.07, 6.45) is 8.08. The molecule has 2 heterocycles. The number of ether oxygens (including phenoxy) is 1. The molecule has 0 bridgehead atoms. The maximum Gasteiger partial charge on any atom is 0.119 e. The lowest BCUT2D eigenvalue weighted by Crippen LogP contribution is -2.12. The quantitative estimate of drug-likeness (QED) is 0.626. The number of aromatic nitrogens is 1. The minimum atomic E-state index is 0.866. The second kappa shape index (κ2) is 8.00. The molecule has 0 amide bonds. The predicted octanol–water partition coefficient (Wildman–Crippen LogP) is 5.42. The number of hydrogen-bond donors (Lipinski definition) is 0. The number of hydrogen-bond acceptors (Lipinski definition) is 3. The van der Waals surface area contributed by atoms with Gasteiger partial charge >= 0.3 is 0 Å². The molecule has 134 valence electrons. The number of pyridine rings is 1. The number of benzene rings is 2. The Morgan fingerprint density at radius 2 is 1.85 bits per heavy atom. The molecule has 0 radical (unpaired) electrons. The zero-order valence-electron chi connectivity index (χ0n) is 15.4. The zero-order chi connectivity index (χ0) is 18.5. The molecular weight excluding hydrogens is 332 g/mol. The van der Waals surface area contributed by atoms with Gasteiger partial charge in [0.15, 0.2) is 0 Å². The maximum absolute atomic E-state index is 5.40. The summed E-state index contributed by atoms with van der Waals surface area (Å²) in [7, 11) is 1.70. The van der Waals surface area contributed by atoms with Gasteiger partial charge in [-0.25, -0.2) is 0 Å². The molecule has 0 spiro atoms. The van der Waals surface area contributed by atoms with Crippen molar-refractivity contribution in [2.45, 2.75) is 12.8 Å². The fraction of sp³-hybridized carbons (Fsp3) is 0.167. The molecule has 0 fully saturated rings. The Bertz CT molecular complexity index is 990. The van der Waals surface area contributed by atoms with Crippen LogP contribution in [0.15, 0.2) is 83.6 Å². The van der Waals surface area contributed by atoms with Gasteiger partial charge in [0.1, 0.15) is 5.75 Å². The molecule has 4 rings (SSSR count). The summed E-state index contributed by atoms with van der Waals surface area (Å²) < 4.78 is 5.40. The highest BCUT2D eigenvalue weighted by Crippen LogP contribution is 2.30. The van der Waals surface area contributed by atoms with Crippen LogP contribution in [-0.2, 0) is 0 Å². The van der Waals surface area contributed by atoms with E-state index < -0.39 is 0 Å². The number of methoxy groups -OCH3 is 1. The molecule has 0 saturated heterocycles. The van der Waals surface area contributed by atoms with Crippen molar-refractivity contribution < 1.29 is 4.74 Å². The lowest BCUT2D eigenvalue weighted by molar-refractivity contribution is 0.415. The van der Waals surface area contributed by atoms with Crippen LogP contribution in [0, 0.1) is 0 Å². The topological polar surface area (TPSA) is 34.5 Å². The van der Waals surface area contributed by atoms with E-state index in [-0.39, 0.29) is 0 Å². The summed E-state index contributed by atoms with van der Waals surface area (Å²) in [6.45, 7) is 0.874. The predicted molar refractivity (Wildman–Crippen MR) is 111 cm³/mol. The first-order valence-corrected chi connectivity index (χ1v) is 9.24. The van der Waals surface area contributed by atoms with Crippen molar-refractivity contribution in [2.75, 3.05) is 13.7 Å². The van der Waals surface area contributed by atoms with Gasteiger partial charge in [-0.1, -0.05) is 36.4 Å². The minimum absolute atomic E-state index is 0.866. The lowest BCUT2D eigenvalue weighted by Gasteiger charge is -2.17. The van der Waals surface area contributed by atoms with Crippen molar-refractivity contribution in [3.8, 4) is 16.9 Å². The summed E-state index contributed by atoms with van der Waals surface area (Å²) in [4.78, 5) is 9.06. The molecular formula is C24H22N2O. The highest BCUT2D eigenvalue weighted by atomic mass is 16.5. The molecule has 27 heavy (non-hydrogen) atoms. The van der Waals surface area contributed by atoms with Crippen molar-refractivity contribution in [3.05, 3.63) is 89.8 Å². The monoisotopic (exact) mass is 354 g/mol. The van der Waals surface area contributed by atoms with Crippen LogP contribution >= 0.6 is 0 Å². The molecule has 0 aliphatic carbocycles. The van der Waals surface area contributed by atoms with E-state index in [1.807, 2.05) is 24.4 Å². The summed E-state index contributed by atoms with van der Waals surface area (Å²) in [5, 5.41) is 0. The first-order valence-electron chi connectivity index (χ1n) is 9.24. The van der Waals surface area contributed by atoms with Crippen LogP contribution in [-0.4, -0.2) is 24.4 Å². The molecule has 3 heteroatoms. The summed E-state index contributed by atoms with van der Waals surface area (Å²) in [6, 6.07) is 20.7. The van der Waals surface area contributed by atoms with Crippen LogP contribution in [0.2, 0.25) is 0 Å². The third kappa shape index (κ3) is 3.82. The van der Waals surface area contributed by atoms with Crippen molar-refractivity contribution >= 4 is 11.8 Å². The number of allylic oxidation sites excluding steroid dienone is 1. The standard InChI is InChI=1S/C24H22N2O/c1-27-22-11-4-8-19(16-22)23-12-3-2-7-18(23)15-20-9-6-14-26-24(20)21-10-5-13-25-17-21/h2-5,7-8,10-13,15-17H,6,9,14H2,1H3/b20-15+. The van der Waals surface area contributed by atoms with Gasteiger partial charge in [-0.3, -0.25) is 9.98 Å². The molecule has 3 nitrogen and oxygen atoms in total. The van der Waals surface area contributed by atoms with Crippen molar-refractivity contribution in [1.29, 1.82) is 0 Å². The normalized spacial score (nSPS) is 15.4. The van der Waals surface area contributed by atoms with E-state index >= 15 is 0 Å². The van der Waals surface area contributed by atoms with Crippen LogP contribution in [0.3, 0.4) is 0 Å². The molecule has 0 saturated carbocycles. The Labute approximate surface area is 160 Å². The Morgan fingerprint density at radius 1 is 0.963 bits per heavy atom. The van der Waals surface area contributed by atoms with E-state index in [0.29, 0.717) is 0 Å². The van der Waals surface area contributed by atoms with E-state index in [4.69, 9.17) is 9.73 Å². The van der Waals surface area contributed by atoms with Crippen LogP contribution in [0.5, 0.6) is 5.75 Å². The minimum Gasteiger partial charge on any atom is -0.497 e. The van der Waals surface area contributed by atoms with Gasteiger partial charge in [0, 0.05) is 24.5 Å². The van der Waals surface area contributed by atoms with Gasteiger partial charge < -0.3 is 4.74 Å². The molecule has 0 atom stereocenters.